The molecule has 4 nitrogen and oxygen atoms in total. The highest BCUT2D eigenvalue weighted by molar-refractivity contribution is 7.98. The molecule has 0 aromatic heterocycles. The van der Waals surface area contributed by atoms with Crippen molar-refractivity contribution < 1.29 is 4.92 Å². The maximum atomic E-state index is 10.7. The lowest BCUT2D eigenvalue weighted by atomic mass is 10.2. The van der Waals surface area contributed by atoms with E-state index in [1.165, 1.54) is 6.07 Å². The summed E-state index contributed by atoms with van der Waals surface area (Å²) in [5, 5.41) is 10.7. The summed E-state index contributed by atoms with van der Waals surface area (Å²) in [7, 11) is 0. The number of thioether (sulfide) groups is 1. The van der Waals surface area contributed by atoms with Gasteiger partial charge in [0.05, 0.1) is 4.92 Å². The van der Waals surface area contributed by atoms with Crippen LogP contribution in [0.4, 0.5) is 11.4 Å². The van der Waals surface area contributed by atoms with Crippen molar-refractivity contribution in [2.45, 2.75) is 10.6 Å². The molecule has 0 saturated carbocycles. The summed E-state index contributed by atoms with van der Waals surface area (Å²) < 4.78 is 0. The molecule has 0 amide bonds. The molecular formula is C13H12N2O2S. The molecular weight excluding hydrogens is 248 g/mol. The molecule has 2 rings (SSSR count). The van der Waals surface area contributed by atoms with E-state index in [0.717, 1.165) is 16.1 Å². The Morgan fingerprint density at radius 2 is 1.94 bits per heavy atom. The van der Waals surface area contributed by atoms with Crippen LogP contribution in [0.2, 0.25) is 0 Å². The monoisotopic (exact) mass is 260 g/mol. The molecule has 0 aliphatic carbocycles. The van der Waals surface area contributed by atoms with Crippen LogP contribution in [0.25, 0.3) is 0 Å². The Morgan fingerprint density at radius 3 is 2.67 bits per heavy atom. The summed E-state index contributed by atoms with van der Waals surface area (Å²) in [4.78, 5) is 11.3. The average Bonchev–Trinajstić information content (AvgIpc) is 2.38. The Balaban J connectivity index is 2.09. The van der Waals surface area contributed by atoms with Crippen LogP contribution in [0.3, 0.4) is 0 Å². The van der Waals surface area contributed by atoms with E-state index in [1.807, 2.05) is 30.3 Å². The van der Waals surface area contributed by atoms with E-state index >= 15 is 0 Å². The first-order valence-corrected chi connectivity index (χ1v) is 6.36. The van der Waals surface area contributed by atoms with Crippen LogP contribution in [0.5, 0.6) is 0 Å². The quantitative estimate of drug-likeness (QED) is 0.395. The normalized spacial score (nSPS) is 10.2. The van der Waals surface area contributed by atoms with Gasteiger partial charge in [-0.1, -0.05) is 24.3 Å². The zero-order valence-electron chi connectivity index (χ0n) is 9.58. The van der Waals surface area contributed by atoms with Crippen molar-refractivity contribution in [2.75, 3.05) is 5.73 Å². The van der Waals surface area contributed by atoms with E-state index < -0.39 is 0 Å². The molecule has 0 atom stereocenters. The zero-order chi connectivity index (χ0) is 13.0. The number of nitro groups is 1. The van der Waals surface area contributed by atoms with Gasteiger partial charge in [-0.2, -0.15) is 0 Å². The minimum absolute atomic E-state index is 0.120. The van der Waals surface area contributed by atoms with Crippen LogP contribution >= 0.6 is 11.8 Å². The lowest BCUT2D eigenvalue weighted by Crippen LogP contribution is -1.90. The summed E-state index contributed by atoms with van der Waals surface area (Å²) in [5.41, 5.74) is 7.60. The highest BCUT2D eigenvalue weighted by Gasteiger charge is 2.06. The number of anilines is 1. The number of nitrogen functional groups attached to an aromatic ring is 1. The van der Waals surface area contributed by atoms with E-state index in [0.29, 0.717) is 5.75 Å². The minimum Gasteiger partial charge on any atom is -0.398 e. The van der Waals surface area contributed by atoms with Gasteiger partial charge in [0.2, 0.25) is 0 Å². The van der Waals surface area contributed by atoms with Crippen molar-refractivity contribution >= 4 is 23.1 Å². The number of non-ortho nitro benzene ring substituents is 1. The number of hydrogen-bond donors (Lipinski definition) is 1. The van der Waals surface area contributed by atoms with Gasteiger partial charge in [-0.25, -0.2) is 0 Å². The fourth-order valence-electron chi connectivity index (χ4n) is 1.53. The van der Waals surface area contributed by atoms with Gasteiger partial charge in [0.15, 0.2) is 0 Å². The van der Waals surface area contributed by atoms with Crippen LogP contribution in [-0.2, 0) is 5.75 Å². The van der Waals surface area contributed by atoms with Crippen molar-refractivity contribution in [3.63, 3.8) is 0 Å². The Labute approximate surface area is 109 Å². The molecule has 0 radical (unpaired) electrons. The fourth-order valence-corrected chi connectivity index (χ4v) is 2.44. The van der Waals surface area contributed by atoms with E-state index in [1.54, 1.807) is 23.9 Å². The SMILES string of the molecule is Nc1ccccc1SCc1cccc([N+](=O)[O-])c1. The van der Waals surface area contributed by atoms with Gasteiger partial charge in [-0.05, 0) is 17.7 Å². The molecule has 2 aromatic carbocycles. The summed E-state index contributed by atoms with van der Waals surface area (Å²) in [6, 6.07) is 14.2. The summed E-state index contributed by atoms with van der Waals surface area (Å²) in [6.07, 6.45) is 0. The minimum atomic E-state index is -0.384. The molecule has 2 N–H and O–H groups in total. The lowest BCUT2D eigenvalue weighted by molar-refractivity contribution is -0.384. The van der Waals surface area contributed by atoms with Crippen molar-refractivity contribution in [3.05, 3.63) is 64.2 Å². The predicted molar refractivity (Wildman–Crippen MR) is 73.5 cm³/mol. The van der Waals surface area contributed by atoms with Crippen LogP contribution in [-0.4, -0.2) is 4.92 Å². The molecule has 0 fully saturated rings. The van der Waals surface area contributed by atoms with Crippen molar-refractivity contribution in [3.8, 4) is 0 Å². The number of nitrogens with two attached hydrogens (primary N) is 1. The summed E-state index contributed by atoms with van der Waals surface area (Å²) >= 11 is 1.57. The Hall–Kier alpha value is -2.01. The second-order valence-corrected chi connectivity index (χ2v) is 4.77. The first kappa shape index (κ1) is 12.4. The number of nitrogens with zero attached hydrogens (tertiary/aromatic N) is 1. The predicted octanol–water partition coefficient (Wildman–Crippen LogP) is 3.47. The first-order valence-electron chi connectivity index (χ1n) is 5.37. The molecule has 0 spiro atoms. The molecule has 0 aliphatic heterocycles. The third-order valence-corrected chi connectivity index (χ3v) is 3.60. The maximum absolute atomic E-state index is 10.7. The third kappa shape index (κ3) is 3.01. The highest BCUT2D eigenvalue weighted by atomic mass is 32.2. The van der Waals surface area contributed by atoms with Gasteiger partial charge in [-0.15, -0.1) is 11.8 Å². The van der Waals surface area contributed by atoms with Gasteiger partial charge in [0.1, 0.15) is 0 Å². The largest absolute Gasteiger partial charge is 0.398 e. The number of hydrogen-bond acceptors (Lipinski definition) is 4. The van der Waals surface area contributed by atoms with Crippen LogP contribution < -0.4 is 5.73 Å². The summed E-state index contributed by atoms with van der Waals surface area (Å²) in [5.74, 6) is 0.663. The number of para-hydroxylation sites is 1. The average molecular weight is 260 g/mol. The molecule has 0 aliphatic rings. The Kier molecular flexibility index (Phi) is 3.84. The smallest absolute Gasteiger partial charge is 0.269 e. The molecule has 18 heavy (non-hydrogen) atoms. The fraction of sp³-hybridized carbons (Fsp3) is 0.0769. The van der Waals surface area contributed by atoms with Gasteiger partial charge in [0, 0.05) is 28.5 Å². The lowest BCUT2D eigenvalue weighted by Gasteiger charge is -2.04. The molecule has 2 aromatic rings. The van der Waals surface area contributed by atoms with Crippen molar-refractivity contribution in [1.29, 1.82) is 0 Å². The molecule has 0 saturated heterocycles. The van der Waals surface area contributed by atoms with Gasteiger partial charge in [-0.3, -0.25) is 10.1 Å². The molecule has 92 valence electrons. The highest BCUT2D eigenvalue weighted by Crippen LogP contribution is 2.28. The number of rotatable bonds is 4. The second kappa shape index (κ2) is 5.55. The van der Waals surface area contributed by atoms with E-state index in [2.05, 4.69) is 0 Å². The van der Waals surface area contributed by atoms with E-state index in [-0.39, 0.29) is 10.6 Å². The van der Waals surface area contributed by atoms with Gasteiger partial charge >= 0.3 is 0 Å². The topological polar surface area (TPSA) is 69.2 Å². The van der Waals surface area contributed by atoms with Gasteiger partial charge in [0.25, 0.3) is 5.69 Å². The Morgan fingerprint density at radius 1 is 1.17 bits per heavy atom. The molecule has 5 heteroatoms. The first-order chi connectivity index (χ1) is 8.66. The molecule has 0 heterocycles. The number of benzene rings is 2. The second-order valence-electron chi connectivity index (χ2n) is 3.75. The number of nitro benzene ring substituents is 1. The van der Waals surface area contributed by atoms with Crippen molar-refractivity contribution in [2.24, 2.45) is 0 Å². The molecule has 0 bridgehead atoms. The van der Waals surface area contributed by atoms with Crippen LogP contribution in [0.1, 0.15) is 5.56 Å². The van der Waals surface area contributed by atoms with E-state index in [9.17, 15) is 10.1 Å². The van der Waals surface area contributed by atoms with Gasteiger partial charge < -0.3 is 5.73 Å². The van der Waals surface area contributed by atoms with E-state index in [4.69, 9.17) is 5.73 Å². The van der Waals surface area contributed by atoms with Crippen molar-refractivity contribution in [1.82, 2.24) is 0 Å². The van der Waals surface area contributed by atoms with Crippen LogP contribution in [0.15, 0.2) is 53.4 Å². The molecule has 0 unspecified atom stereocenters. The summed E-state index contributed by atoms with van der Waals surface area (Å²) in [6.45, 7) is 0. The maximum Gasteiger partial charge on any atom is 0.269 e. The third-order valence-electron chi connectivity index (χ3n) is 2.43. The standard InChI is InChI=1S/C13H12N2O2S/c14-12-6-1-2-7-13(12)18-9-10-4-3-5-11(8-10)15(16)17/h1-8H,9,14H2. The van der Waals surface area contributed by atoms with Crippen LogP contribution in [0, 0.1) is 10.1 Å². The Bertz CT molecular complexity index is 572. The zero-order valence-corrected chi connectivity index (χ0v) is 10.4.